The minimum absolute atomic E-state index is 0.210. The van der Waals surface area contributed by atoms with Gasteiger partial charge in [0.05, 0.1) is 30.9 Å². The molecule has 7 aromatic rings. The first-order valence-corrected chi connectivity index (χ1v) is 22.6. The van der Waals surface area contributed by atoms with E-state index in [4.69, 9.17) is 11.6 Å². The summed E-state index contributed by atoms with van der Waals surface area (Å²) in [6, 6.07) is 28.6. The van der Waals surface area contributed by atoms with Crippen LogP contribution in [0, 0.1) is 12.8 Å². The molecule has 322 valence electrons. The number of rotatable bonds is 5. The summed E-state index contributed by atoms with van der Waals surface area (Å²) in [6.07, 6.45) is -0.125. The van der Waals surface area contributed by atoms with E-state index in [1.807, 2.05) is 12.1 Å². The number of ether oxygens (including phenoxy) is 1. The Labute approximate surface area is 395 Å². The summed E-state index contributed by atoms with van der Waals surface area (Å²) in [5, 5.41) is 0. The third kappa shape index (κ3) is 5.90. The summed E-state index contributed by atoms with van der Waals surface area (Å²) in [6.45, 7) is 21.0. The quantitative estimate of drug-likeness (QED) is 0.161. The molecule has 4 aliphatic rings. The average molecular weight is 851 g/mol. The number of nitrogens with zero attached hydrogens (tertiary/aromatic N) is 3. The molecule has 11 rings (SSSR count). The maximum atomic E-state index is 10.4. The van der Waals surface area contributed by atoms with Gasteiger partial charge in [0.1, 0.15) is 18.8 Å². The fraction of sp³-hybridized carbons (Fsp3) is 0.317. The number of hydrogen-bond donors (Lipinski definition) is 0. The van der Waals surface area contributed by atoms with Crippen LogP contribution in [-0.2, 0) is 28.5 Å². The summed E-state index contributed by atoms with van der Waals surface area (Å²) in [5.74, 6) is -0.700. The van der Waals surface area contributed by atoms with Crippen molar-refractivity contribution in [2.24, 2.45) is 5.92 Å². The lowest BCUT2D eigenvalue weighted by atomic mass is 9.77. The number of fused-ring (bicyclic) bond motifs is 5. The lowest BCUT2D eigenvalue weighted by Gasteiger charge is -2.49. The molecule has 0 amide bonds. The van der Waals surface area contributed by atoms with Crippen molar-refractivity contribution in [1.82, 2.24) is 0 Å². The van der Waals surface area contributed by atoms with Crippen LogP contribution in [0.3, 0.4) is 0 Å². The molecule has 0 radical (unpaired) electrons. The molecule has 4 aliphatic heterocycles. The van der Waals surface area contributed by atoms with Crippen molar-refractivity contribution < 1.29 is 23.0 Å². The molecule has 2 atom stereocenters. The van der Waals surface area contributed by atoms with Crippen molar-refractivity contribution in [2.45, 2.75) is 118 Å². The van der Waals surface area contributed by atoms with E-state index in [0.29, 0.717) is 22.8 Å². The van der Waals surface area contributed by atoms with Crippen molar-refractivity contribution in [3.63, 3.8) is 0 Å². The van der Waals surface area contributed by atoms with Crippen LogP contribution < -0.4 is 19.1 Å². The maximum absolute atomic E-state index is 10.4. The van der Waals surface area contributed by atoms with E-state index in [1.165, 1.54) is 5.56 Å². The first-order valence-electron chi connectivity index (χ1n) is 27.6. The second-order valence-corrected chi connectivity index (χ2v) is 21.6. The highest BCUT2D eigenvalue weighted by molar-refractivity contribution is 6.03. The minimum Gasteiger partial charge on any atom is -0.410 e. The number of benzene rings is 6. The number of pyridine rings is 1. The zero-order valence-electron chi connectivity index (χ0n) is 48.8. The molecule has 1 spiro atoms. The van der Waals surface area contributed by atoms with Gasteiger partial charge < -0.3 is 9.64 Å². The molecule has 0 saturated carbocycles. The van der Waals surface area contributed by atoms with Gasteiger partial charge in [-0.1, -0.05) is 160 Å². The van der Waals surface area contributed by atoms with Crippen LogP contribution >= 0.6 is 0 Å². The van der Waals surface area contributed by atoms with Gasteiger partial charge in [0.25, 0.3) is 0 Å². The Morgan fingerprint density at radius 3 is 2.09 bits per heavy atom. The van der Waals surface area contributed by atoms with E-state index >= 15 is 0 Å². The van der Waals surface area contributed by atoms with E-state index in [1.54, 1.807) is 4.57 Å². The summed E-state index contributed by atoms with van der Waals surface area (Å²) < 4.78 is 101. The van der Waals surface area contributed by atoms with Crippen molar-refractivity contribution in [1.29, 1.82) is 0 Å². The summed E-state index contributed by atoms with van der Waals surface area (Å²) >= 11 is 0. The molecule has 0 aliphatic carbocycles. The normalized spacial score (nSPS) is 20.3. The Morgan fingerprint density at radius 1 is 0.688 bits per heavy atom. The number of hydrogen-bond acceptors (Lipinski definition) is 3. The SMILES string of the molecule is [2H]c1c([2H])c(C([2H])([2H])[2H])c([2H])c([2H])c1-c1c([2H])c([2H])[n+]2c(c1[2H])-c1cc(C(C)(C)C)cc3c1C21Oc2c(cc(C(C)(C)C)cc2C(C)(C)C)C2N(c4ccc(CC(C)C)cc4-c4ccccc4)c4cccc-3c4N21. The number of aromatic nitrogens is 1. The lowest BCUT2D eigenvalue weighted by molar-refractivity contribution is -0.774. The highest BCUT2D eigenvalue weighted by atomic mass is 16.5. The molecule has 4 nitrogen and oxygen atoms in total. The van der Waals surface area contributed by atoms with Crippen LogP contribution in [-0.4, -0.2) is 0 Å². The average Bonchev–Trinajstić information content (AvgIpc) is 3.81. The Balaban J connectivity index is 1.33. The van der Waals surface area contributed by atoms with E-state index in [9.17, 15) is 6.85 Å². The third-order valence-corrected chi connectivity index (χ3v) is 13.5. The van der Waals surface area contributed by atoms with Crippen LogP contribution in [0.2, 0.25) is 0 Å². The molecule has 0 saturated heterocycles. The van der Waals surface area contributed by atoms with Crippen LogP contribution in [0.4, 0.5) is 17.1 Å². The molecular formula is C60H62N3O+. The van der Waals surface area contributed by atoms with E-state index in [0.717, 1.165) is 68.0 Å². The highest BCUT2D eigenvalue weighted by Gasteiger charge is 2.70. The van der Waals surface area contributed by atoms with Gasteiger partial charge in [0.15, 0.2) is 6.17 Å². The molecule has 2 unspecified atom stereocenters. The zero-order chi connectivity index (χ0) is 53.4. The predicted molar refractivity (Wildman–Crippen MR) is 266 cm³/mol. The van der Waals surface area contributed by atoms with Crippen molar-refractivity contribution in [2.75, 3.05) is 9.80 Å². The van der Waals surface area contributed by atoms with Gasteiger partial charge in [0, 0.05) is 44.0 Å². The molecule has 0 bridgehead atoms. The molecule has 4 heteroatoms. The minimum atomic E-state index is -2.97. The summed E-state index contributed by atoms with van der Waals surface area (Å²) in [7, 11) is 0. The number of para-hydroxylation sites is 1. The Hall–Kier alpha value is -6.13. The van der Waals surface area contributed by atoms with Crippen LogP contribution in [0.25, 0.3) is 44.6 Å². The summed E-state index contributed by atoms with van der Waals surface area (Å²) in [5.41, 5.74) is 10.6. The Morgan fingerprint density at radius 2 is 1.41 bits per heavy atom. The van der Waals surface area contributed by atoms with E-state index in [2.05, 4.69) is 165 Å². The van der Waals surface area contributed by atoms with Gasteiger partial charge >= 0.3 is 5.85 Å². The Kier molecular flexibility index (Phi) is 6.60. The van der Waals surface area contributed by atoms with Gasteiger partial charge in [-0.3, -0.25) is 0 Å². The molecule has 0 fully saturated rings. The van der Waals surface area contributed by atoms with Gasteiger partial charge in [0.2, 0.25) is 5.69 Å². The first kappa shape index (κ1) is 30.9. The van der Waals surface area contributed by atoms with Crippen molar-refractivity contribution in [3.05, 3.63) is 172 Å². The fourth-order valence-electron chi connectivity index (χ4n) is 10.4. The standard InChI is InChI=1S/C60H62N3O/c1-36(2)29-38-23-26-50(45(30-38)40-17-14-13-15-18-40)62-51-20-16-19-44-46-32-42(57(4,5)6)33-47-52-31-41(39-24-21-37(3)22-25-39)27-28-61(52)60(53(46)47)63(54(44)51)56(62)48-34-43(58(7,8)9)35-49(55(48)64-60)59(10,11)12/h13-28,30-36,56H,29H2,1-12H3/q+1/i3D3,21D,22D,24D,25D,27D,28D,31D. The lowest BCUT2D eigenvalue weighted by Crippen LogP contribution is -2.71. The topological polar surface area (TPSA) is 19.6 Å². The van der Waals surface area contributed by atoms with E-state index < -0.39 is 71.0 Å². The molecule has 5 heterocycles. The van der Waals surface area contributed by atoms with E-state index in [-0.39, 0.29) is 28.9 Å². The molecule has 64 heavy (non-hydrogen) atoms. The maximum Gasteiger partial charge on any atom is 0.432 e. The molecule has 0 N–H and O–H groups in total. The third-order valence-electron chi connectivity index (χ3n) is 13.5. The van der Waals surface area contributed by atoms with Gasteiger partial charge in [-0.2, -0.15) is 0 Å². The smallest absolute Gasteiger partial charge is 0.410 e. The molecule has 1 aromatic heterocycles. The van der Waals surface area contributed by atoms with Gasteiger partial charge in [-0.25, -0.2) is 4.90 Å². The second kappa shape index (κ2) is 13.7. The second-order valence-electron chi connectivity index (χ2n) is 21.6. The monoisotopic (exact) mass is 851 g/mol. The van der Waals surface area contributed by atoms with Crippen molar-refractivity contribution in [3.8, 4) is 50.4 Å². The number of anilines is 3. The van der Waals surface area contributed by atoms with Gasteiger partial charge in [-0.05, 0) is 105 Å². The van der Waals surface area contributed by atoms with Crippen LogP contribution in [0.1, 0.15) is 135 Å². The van der Waals surface area contributed by atoms with Crippen molar-refractivity contribution >= 4 is 17.1 Å². The predicted octanol–water partition coefficient (Wildman–Crippen LogP) is 15.1. The zero-order valence-corrected chi connectivity index (χ0v) is 38.8. The highest BCUT2D eigenvalue weighted by Crippen LogP contribution is 2.68. The van der Waals surface area contributed by atoms with Crippen LogP contribution in [0.15, 0.2) is 133 Å². The summed E-state index contributed by atoms with van der Waals surface area (Å²) in [4.78, 5) is 4.70. The fourth-order valence-corrected chi connectivity index (χ4v) is 10.4. The Bertz CT molecular complexity index is 3550. The largest absolute Gasteiger partial charge is 0.432 e. The molecule has 6 aromatic carbocycles. The first-order chi connectivity index (χ1) is 34.5. The van der Waals surface area contributed by atoms with Crippen LogP contribution in [0.5, 0.6) is 5.75 Å². The molecular weight excluding hydrogens is 779 g/mol. The van der Waals surface area contributed by atoms with Gasteiger partial charge in [-0.15, -0.1) is 4.57 Å².